The van der Waals surface area contributed by atoms with Gasteiger partial charge in [-0.1, -0.05) is 6.07 Å². The number of rotatable bonds is 5. The molecule has 0 radical (unpaired) electrons. The van der Waals surface area contributed by atoms with Gasteiger partial charge >= 0.3 is 0 Å². The molecular weight excluding hydrogens is 321 g/mol. The number of nitrogens with zero attached hydrogens (tertiary/aromatic N) is 4. The molecule has 1 aliphatic rings. The van der Waals surface area contributed by atoms with E-state index in [2.05, 4.69) is 20.2 Å². The van der Waals surface area contributed by atoms with E-state index >= 15 is 0 Å². The Morgan fingerprint density at radius 1 is 1.32 bits per heavy atom. The Hall–Kier alpha value is -2.72. The summed E-state index contributed by atoms with van der Waals surface area (Å²) < 4.78 is 18.7. The van der Waals surface area contributed by atoms with Crippen LogP contribution in [-0.2, 0) is 6.54 Å². The molecule has 0 amide bonds. The zero-order chi connectivity index (χ0) is 17.6. The monoisotopic (exact) mass is 341 g/mol. The van der Waals surface area contributed by atoms with Crippen LogP contribution in [0.15, 0.2) is 30.6 Å². The highest BCUT2D eigenvalue weighted by atomic mass is 19.1. The molecule has 0 saturated carbocycles. The van der Waals surface area contributed by atoms with Crippen LogP contribution in [0.1, 0.15) is 24.1 Å². The lowest BCUT2D eigenvalue weighted by Crippen LogP contribution is -2.39. The first kappa shape index (κ1) is 17.1. The largest absolute Gasteiger partial charge is 0.494 e. The molecule has 7 heteroatoms. The fourth-order valence-electron chi connectivity index (χ4n) is 3.02. The van der Waals surface area contributed by atoms with Gasteiger partial charge in [-0.25, -0.2) is 14.4 Å². The van der Waals surface area contributed by atoms with Crippen molar-refractivity contribution in [2.24, 2.45) is 0 Å². The third-order valence-corrected chi connectivity index (χ3v) is 4.35. The minimum Gasteiger partial charge on any atom is -0.494 e. The van der Waals surface area contributed by atoms with Crippen molar-refractivity contribution in [3.8, 4) is 11.8 Å². The molecular formula is C18H20FN5O. The Kier molecular flexibility index (Phi) is 5.41. The topological polar surface area (TPSA) is 74.1 Å². The van der Waals surface area contributed by atoms with Crippen LogP contribution >= 0.6 is 0 Å². The number of nitrogens with one attached hydrogen (secondary N) is 1. The maximum Gasteiger partial charge on any atom is 0.182 e. The van der Waals surface area contributed by atoms with Gasteiger partial charge < -0.3 is 10.1 Å². The fraction of sp³-hybridized carbons (Fsp3) is 0.389. The van der Waals surface area contributed by atoms with Gasteiger partial charge in [0, 0.05) is 38.1 Å². The van der Waals surface area contributed by atoms with Gasteiger partial charge in [-0.3, -0.25) is 4.90 Å². The summed E-state index contributed by atoms with van der Waals surface area (Å²) in [6.45, 7) is 2.50. The molecule has 3 rings (SSSR count). The molecule has 1 aliphatic heterocycles. The number of aromatic nitrogens is 2. The van der Waals surface area contributed by atoms with Crippen molar-refractivity contribution in [3.05, 3.63) is 47.7 Å². The predicted molar refractivity (Wildman–Crippen MR) is 91.6 cm³/mol. The molecule has 0 aliphatic carbocycles. The van der Waals surface area contributed by atoms with Gasteiger partial charge in [-0.2, -0.15) is 5.26 Å². The van der Waals surface area contributed by atoms with Gasteiger partial charge in [0.1, 0.15) is 6.07 Å². The smallest absolute Gasteiger partial charge is 0.182 e. The Bertz CT molecular complexity index is 768. The Labute approximate surface area is 146 Å². The van der Waals surface area contributed by atoms with Crippen LogP contribution in [0.3, 0.4) is 0 Å². The van der Waals surface area contributed by atoms with Crippen LogP contribution in [0.4, 0.5) is 10.2 Å². The number of methoxy groups -OCH3 is 1. The zero-order valence-corrected chi connectivity index (χ0v) is 14.1. The van der Waals surface area contributed by atoms with Crippen molar-refractivity contribution in [2.45, 2.75) is 25.4 Å². The minimum atomic E-state index is -0.330. The van der Waals surface area contributed by atoms with Crippen molar-refractivity contribution < 1.29 is 9.13 Å². The van der Waals surface area contributed by atoms with E-state index in [0.29, 0.717) is 18.1 Å². The average molecular weight is 341 g/mol. The number of anilines is 1. The molecule has 1 aromatic heterocycles. The van der Waals surface area contributed by atoms with Gasteiger partial charge in [-0.05, 0) is 30.5 Å². The van der Waals surface area contributed by atoms with Crippen molar-refractivity contribution in [3.63, 3.8) is 0 Å². The Morgan fingerprint density at radius 2 is 2.08 bits per heavy atom. The minimum absolute atomic E-state index is 0.257. The van der Waals surface area contributed by atoms with Crippen LogP contribution in [-0.4, -0.2) is 41.1 Å². The summed E-state index contributed by atoms with van der Waals surface area (Å²) in [6, 6.07) is 7.39. The van der Waals surface area contributed by atoms with E-state index in [1.807, 2.05) is 12.1 Å². The van der Waals surface area contributed by atoms with Crippen molar-refractivity contribution >= 4 is 5.82 Å². The lowest BCUT2D eigenvalue weighted by atomic mass is 10.0. The number of hydrogen-bond donors (Lipinski definition) is 1. The molecule has 1 aromatic carbocycles. The van der Waals surface area contributed by atoms with Gasteiger partial charge in [0.15, 0.2) is 23.1 Å². The summed E-state index contributed by atoms with van der Waals surface area (Å²) in [5, 5.41) is 12.4. The van der Waals surface area contributed by atoms with Crippen LogP contribution in [0.5, 0.6) is 5.75 Å². The maximum atomic E-state index is 13.8. The Balaban J connectivity index is 1.54. The second kappa shape index (κ2) is 7.90. The van der Waals surface area contributed by atoms with Crippen molar-refractivity contribution in [1.29, 1.82) is 5.26 Å². The van der Waals surface area contributed by atoms with E-state index < -0.39 is 0 Å². The second-order valence-corrected chi connectivity index (χ2v) is 6.03. The molecule has 2 aromatic rings. The molecule has 130 valence electrons. The van der Waals surface area contributed by atoms with Gasteiger partial charge in [0.05, 0.1) is 7.11 Å². The van der Waals surface area contributed by atoms with E-state index in [4.69, 9.17) is 10.00 Å². The van der Waals surface area contributed by atoms with Gasteiger partial charge in [0.25, 0.3) is 0 Å². The number of ether oxygens (including phenoxy) is 1. The molecule has 25 heavy (non-hydrogen) atoms. The van der Waals surface area contributed by atoms with Crippen molar-refractivity contribution in [1.82, 2.24) is 14.9 Å². The lowest BCUT2D eigenvalue weighted by molar-refractivity contribution is 0.211. The highest BCUT2D eigenvalue weighted by Crippen LogP contribution is 2.21. The van der Waals surface area contributed by atoms with E-state index in [1.54, 1.807) is 12.3 Å². The third kappa shape index (κ3) is 4.22. The van der Waals surface area contributed by atoms with E-state index in [-0.39, 0.29) is 17.6 Å². The summed E-state index contributed by atoms with van der Waals surface area (Å²) in [4.78, 5) is 10.5. The third-order valence-electron chi connectivity index (χ3n) is 4.35. The van der Waals surface area contributed by atoms with Gasteiger partial charge in [-0.15, -0.1) is 0 Å². The molecule has 6 nitrogen and oxygen atoms in total. The first-order valence-electron chi connectivity index (χ1n) is 8.22. The molecule has 1 N–H and O–H groups in total. The fourth-order valence-corrected chi connectivity index (χ4v) is 3.02. The standard InChI is InChI=1S/C18H20FN5O/c1-25-17-3-2-13(10-15(17)19)12-24-8-4-14(5-9-24)23-18-16(11-20)21-6-7-22-18/h2-3,6-7,10,14H,4-5,8-9,12H2,1H3,(H,22,23). The van der Waals surface area contributed by atoms with E-state index in [1.165, 1.54) is 19.4 Å². The quantitative estimate of drug-likeness (QED) is 0.901. The first-order chi connectivity index (χ1) is 12.2. The maximum absolute atomic E-state index is 13.8. The van der Waals surface area contributed by atoms with E-state index in [9.17, 15) is 4.39 Å². The van der Waals surface area contributed by atoms with Gasteiger partial charge in [0.2, 0.25) is 0 Å². The first-order valence-corrected chi connectivity index (χ1v) is 8.22. The summed E-state index contributed by atoms with van der Waals surface area (Å²) in [5.74, 6) is 0.479. The summed E-state index contributed by atoms with van der Waals surface area (Å²) in [6.07, 6.45) is 4.96. The molecule has 2 heterocycles. The Morgan fingerprint density at radius 3 is 2.76 bits per heavy atom. The number of benzene rings is 1. The molecule has 0 atom stereocenters. The average Bonchev–Trinajstić information content (AvgIpc) is 2.64. The van der Waals surface area contributed by atoms with Crippen LogP contribution in [0.2, 0.25) is 0 Å². The number of nitriles is 1. The van der Waals surface area contributed by atoms with E-state index in [0.717, 1.165) is 31.5 Å². The molecule has 0 unspecified atom stereocenters. The molecule has 0 spiro atoms. The highest BCUT2D eigenvalue weighted by Gasteiger charge is 2.21. The summed E-state index contributed by atoms with van der Waals surface area (Å²) in [5.41, 5.74) is 1.25. The number of likely N-dealkylation sites (tertiary alicyclic amines) is 1. The number of piperidine rings is 1. The SMILES string of the molecule is COc1ccc(CN2CCC(Nc3nccnc3C#N)CC2)cc1F. The predicted octanol–water partition coefficient (Wildman–Crippen LogP) is 2.57. The molecule has 1 saturated heterocycles. The zero-order valence-electron chi connectivity index (χ0n) is 14.1. The lowest BCUT2D eigenvalue weighted by Gasteiger charge is -2.32. The normalized spacial score (nSPS) is 15.6. The van der Waals surface area contributed by atoms with Crippen LogP contribution < -0.4 is 10.1 Å². The molecule has 0 bridgehead atoms. The van der Waals surface area contributed by atoms with Crippen LogP contribution in [0.25, 0.3) is 0 Å². The molecule has 1 fully saturated rings. The number of hydrogen-bond acceptors (Lipinski definition) is 6. The second-order valence-electron chi connectivity index (χ2n) is 6.03. The summed E-state index contributed by atoms with van der Waals surface area (Å²) >= 11 is 0. The van der Waals surface area contributed by atoms with Crippen LogP contribution in [0, 0.1) is 17.1 Å². The number of halogens is 1. The summed E-state index contributed by atoms with van der Waals surface area (Å²) in [7, 11) is 1.46. The highest BCUT2D eigenvalue weighted by molar-refractivity contribution is 5.47. The van der Waals surface area contributed by atoms with Crippen molar-refractivity contribution in [2.75, 3.05) is 25.5 Å².